The maximum atomic E-state index is 11.4. The van der Waals surface area contributed by atoms with E-state index in [1.165, 1.54) is 18.4 Å². The lowest BCUT2D eigenvalue weighted by Gasteiger charge is -2.04. The third-order valence-corrected chi connectivity index (χ3v) is 4.22. The Hall–Kier alpha value is -0.940. The summed E-state index contributed by atoms with van der Waals surface area (Å²) >= 11 is 1.23. The molecule has 0 amide bonds. The highest BCUT2D eigenvalue weighted by molar-refractivity contribution is 7.13. The number of methoxy groups -OCH3 is 1. The maximum absolute atomic E-state index is 11.4. The summed E-state index contributed by atoms with van der Waals surface area (Å²) in [6, 6.07) is 0. The smallest absolute Gasteiger partial charge is 0.349 e. The zero-order valence-electron chi connectivity index (χ0n) is 9.56. The number of aromatic nitrogens is 1. The molecule has 16 heavy (non-hydrogen) atoms. The first-order valence-electron chi connectivity index (χ1n) is 5.28. The second-order valence-corrected chi connectivity index (χ2v) is 5.31. The largest absolute Gasteiger partial charge is 0.465 e. The Kier molecular flexibility index (Phi) is 2.99. The lowest BCUT2D eigenvalue weighted by atomic mass is 10.2. The van der Waals surface area contributed by atoms with Crippen LogP contribution in [0.4, 0.5) is 0 Å². The van der Waals surface area contributed by atoms with E-state index < -0.39 is 6.10 Å². The van der Waals surface area contributed by atoms with Crippen LogP contribution in [0.25, 0.3) is 0 Å². The maximum Gasteiger partial charge on any atom is 0.349 e. The topological polar surface area (TPSA) is 59.4 Å². The fourth-order valence-corrected chi connectivity index (χ4v) is 2.85. The number of hydrogen-bond acceptors (Lipinski definition) is 5. The first kappa shape index (κ1) is 11.5. The molecule has 1 aliphatic carbocycles. The predicted molar refractivity (Wildman–Crippen MR) is 60.4 cm³/mol. The fraction of sp³-hybridized carbons (Fsp3) is 0.636. The molecule has 0 aliphatic heterocycles. The zero-order valence-corrected chi connectivity index (χ0v) is 10.4. The van der Waals surface area contributed by atoms with Gasteiger partial charge in [-0.15, -0.1) is 11.3 Å². The van der Waals surface area contributed by atoms with Crippen LogP contribution in [-0.4, -0.2) is 23.2 Å². The quantitative estimate of drug-likeness (QED) is 0.821. The van der Waals surface area contributed by atoms with Crippen LogP contribution in [0, 0.1) is 18.8 Å². The number of carbonyl (C=O) groups is 1. The van der Waals surface area contributed by atoms with Gasteiger partial charge in [0.05, 0.1) is 12.8 Å². The zero-order chi connectivity index (χ0) is 11.9. The predicted octanol–water partition coefficient (Wildman–Crippen LogP) is 1.93. The molecule has 5 heteroatoms. The first-order chi connectivity index (χ1) is 7.54. The van der Waals surface area contributed by atoms with Gasteiger partial charge in [0.2, 0.25) is 0 Å². The summed E-state index contributed by atoms with van der Waals surface area (Å²) in [5.41, 5.74) is 0.638. The standard InChI is InChI=1S/C11H15NO3S/c1-5-4-7(5)8(13)10-12-6(2)9(16-10)11(14)15-3/h5,7-8,13H,4H2,1-3H3. The Morgan fingerprint density at radius 2 is 2.31 bits per heavy atom. The van der Waals surface area contributed by atoms with E-state index in [-0.39, 0.29) is 5.97 Å². The molecule has 1 saturated carbocycles. The molecular formula is C11H15NO3S. The van der Waals surface area contributed by atoms with Crippen LogP contribution >= 0.6 is 11.3 Å². The van der Waals surface area contributed by atoms with Gasteiger partial charge in [-0.1, -0.05) is 6.92 Å². The Bertz CT molecular complexity index is 415. The second-order valence-electron chi connectivity index (χ2n) is 4.28. The summed E-state index contributed by atoms with van der Waals surface area (Å²) < 4.78 is 4.66. The minimum atomic E-state index is -0.530. The van der Waals surface area contributed by atoms with Crippen LogP contribution in [0.1, 0.15) is 39.8 Å². The molecule has 1 aliphatic rings. The van der Waals surface area contributed by atoms with Gasteiger partial charge in [-0.3, -0.25) is 0 Å². The number of thiazole rings is 1. The van der Waals surface area contributed by atoms with Crippen molar-refractivity contribution in [2.75, 3.05) is 7.11 Å². The third-order valence-electron chi connectivity index (χ3n) is 3.01. The van der Waals surface area contributed by atoms with Crippen molar-refractivity contribution >= 4 is 17.3 Å². The molecule has 3 unspecified atom stereocenters. The molecule has 1 fully saturated rings. The van der Waals surface area contributed by atoms with Crippen molar-refractivity contribution in [1.29, 1.82) is 0 Å². The van der Waals surface area contributed by atoms with E-state index in [4.69, 9.17) is 0 Å². The molecule has 4 nitrogen and oxygen atoms in total. The molecule has 2 rings (SSSR count). The lowest BCUT2D eigenvalue weighted by Crippen LogP contribution is -2.00. The number of hydrogen-bond donors (Lipinski definition) is 1. The number of ether oxygens (including phenoxy) is 1. The summed E-state index contributed by atoms with van der Waals surface area (Å²) in [4.78, 5) is 16.1. The van der Waals surface area contributed by atoms with Crippen LogP contribution in [-0.2, 0) is 4.74 Å². The molecule has 0 radical (unpaired) electrons. The van der Waals surface area contributed by atoms with E-state index in [2.05, 4.69) is 16.6 Å². The van der Waals surface area contributed by atoms with Crippen LogP contribution in [0.2, 0.25) is 0 Å². The van der Waals surface area contributed by atoms with Crippen molar-refractivity contribution in [3.63, 3.8) is 0 Å². The number of aliphatic hydroxyl groups is 1. The molecule has 1 aromatic rings. The van der Waals surface area contributed by atoms with E-state index in [1.807, 2.05) is 0 Å². The number of aryl methyl sites for hydroxylation is 1. The van der Waals surface area contributed by atoms with Gasteiger partial charge in [-0.25, -0.2) is 9.78 Å². The highest BCUT2D eigenvalue weighted by atomic mass is 32.1. The second kappa shape index (κ2) is 4.14. The van der Waals surface area contributed by atoms with Gasteiger partial charge in [-0.2, -0.15) is 0 Å². The molecule has 0 bridgehead atoms. The Morgan fingerprint density at radius 3 is 2.81 bits per heavy atom. The molecule has 88 valence electrons. The fourth-order valence-electron chi connectivity index (χ4n) is 1.80. The highest BCUT2D eigenvalue weighted by Crippen LogP contribution is 2.47. The van der Waals surface area contributed by atoms with Gasteiger partial charge in [0, 0.05) is 0 Å². The highest BCUT2D eigenvalue weighted by Gasteiger charge is 2.41. The molecule has 0 saturated heterocycles. The lowest BCUT2D eigenvalue weighted by molar-refractivity contribution is 0.0605. The van der Waals surface area contributed by atoms with Crippen LogP contribution in [0.15, 0.2) is 0 Å². The number of nitrogens with zero attached hydrogens (tertiary/aromatic N) is 1. The van der Waals surface area contributed by atoms with E-state index in [9.17, 15) is 9.90 Å². The molecule has 0 aromatic carbocycles. The van der Waals surface area contributed by atoms with Crippen LogP contribution in [0.3, 0.4) is 0 Å². The molecule has 0 spiro atoms. The van der Waals surface area contributed by atoms with Crippen molar-refractivity contribution in [1.82, 2.24) is 4.98 Å². The van der Waals surface area contributed by atoms with Crippen LogP contribution < -0.4 is 0 Å². The van der Waals surface area contributed by atoms with Crippen molar-refractivity contribution in [2.45, 2.75) is 26.4 Å². The number of carbonyl (C=O) groups excluding carboxylic acids is 1. The van der Waals surface area contributed by atoms with Gasteiger partial charge in [0.1, 0.15) is 16.0 Å². The first-order valence-corrected chi connectivity index (χ1v) is 6.10. The van der Waals surface area contributed by atoms with Crippen molar-refractivity contribution in [3.8, 4) is 0 Å². The SMILES string of the molecule is COC(=O)c1sc(C(O)C2CC2C)nc1C. The molecule has 1 aromatic heterocycles. The Labute approximate surface area is 98.3 Å². The van der Waals surface area contributed by atoms with Gasteiger partial charge in [0.25, 0.3) is 0 Å². The van der Waals surface area contributed by atoms with E-state index >= 15 is 0 Å². The third kappa shape index (κ3) is 1.97. The average Bonchev–Trinajstić information content (AvgIpc) is 2.86. The minimum Gasteiger partial charge on any atom is -0.465 e. The van der Waals surface area contributed by atoms with Crippen molar-refractivity contribution in [3.05, 3.63) is 15.6 Å². The van der Waals surface area contributed by atoms with Gasteiger partial charge >= 0.3 is 5.97 Å². The Morgan fingerprint density at radius 1 is 1.69 bits per heavy atom. The summed E-state index contributed by atoms with van der Waals surface area (Å²) in [6.07, 6.45) is 0.505. The number of rotatable bonds is 3. The average molecular weight is 241 g/mol. The Balaban J connectivity index is 2.20. The van der Waals surface area contributed by atoms with Gasteiger partial charge in [-0.05, 0) is 25.2 Å². The normalized spacial score (nSPS) is 25.2. The van der Waals surface area contributed by atoms with Gasteiger partial charge < -0.3 is 9.84 Å². The molecular weight excluding hydrogens is 226 g/mol. The van der Waals surface area contributed by atoms with E-state index in [0.717, 1.165) is 6.42 Å². The number of esters is 1. The minimum absolute atomic E-state index is 0.302. The molecule has 1 heterocycles. The summed E-state index contributed by atoms with van der Waals surface area (Å²) in [5.74, 6) is 0.481. The van der Waals surface area contributed by atoms with Crippen LogP contribution in [0.5, 0.6) is 0 Å². The van der Waals surface area contributed by atoms with Crippen molar-refractivity contribution in [2.24, 2.45) is 11.8 Å². The molecule has 1 N–H and O–H groups in total. The summed E-state index contributed by atoms with van der Waals surface area (Å²) in [6.45, 7) is 3.87. The van der Waals surface area contributed by atoms with Crippen molar-refractivity contribution < 1.29 is 14.6 Å². The monoisotopic (exact) mass is 241 g/mol. The summed E-state index contributed by atoms with van der Waals surface area (Å²) in [7, 11) is 1.35. The van der Waals surface area contributed by atoms with E-state index in [0.29, 0.717) is 27.4 Å². The number of aliphatic hydroxyl groups excluding tert-OH is 1. The summed E-state index contributed by atoms with van der Waals surface area (Å²) in [5, 5.41) is 10.7. The van der Waals surface area contributed by atoms with Gasteiger partial charge in [0.15, 0.2) is 0 Å². The molecule has 3 atom stereocenters. The van der Waals surface area contributed by atoms with E-state index in [1.54, 1.807) is 6.92 Å².